The Balaban J connectivity index is 1.93. The van der Waals surface area contributed by atoms with Gasteiger partial charge in [-0.15, -0.1) is 0 Å². The Morgan fingerprint density at radius 1 is 1.27 bits per heavy atom. The zero-order valence-electron chi connectivity index (χ0n) is 13.4. The van der Waals surface area contributed by atoms with Crippen molar-refractivity contribution in [2.75, 3.05) is 0 Å². The average Bonchev–Trinajstić information content (AvgIpc) is 2.99. The maximum atomic E-state index is 11.9. The molecule has 1 saturated carbocycles. The summed E-state index contributed by atoms with van der Waals surface area (Å²) in [6.45, 7) is 1.88. The highest BCUT2D eigenvalue weighted by Crippen LogP contribution is 2.29. The van der Waals surface area contributed by atoms with Crippen LogP contribution >= 0.6 is 12.2 Å². The molecule has 4 heteroatoms. The summed E-state index contributed by atoms with van der Waals surface area (Å²) in [7, 11) is 1.82. The van der Waals surface area contributed by atoms with Gasteiger partial charge in [-0.05, 0) is 55.9 Å². The van der Waals surface area contributed by atoms with Gasteiger partial charge in [-0.1, -0.05) is 25.1 Å². The molecule has 0 aromatic carbocycles. The predicted octanol–water partition coefficient (Wildman–Crippen LogP) is 3.14. The van der Waals surface area contributed by atoms with Gasteiger partial charge in [0.25, 0.3) is 5.56 Å². The molecule has 1 fully saturated rings. The fourth-order valence-corrected chi connectivity index (χ4v) is 3.90. The molecule has 0 radical (unpaired) electrons. The van der Waals surface area contributed by atoms with Gasteiger partial charge in [0.1, 0.15) is 0 Å². The molecule has 22 heavy (non-hydrogen) atoms. The van der Waals surface area contributed by atoms with Crippen molar-refractivity contribution in [3.05, 3.63) is 39.8 Å². The molecule has 1 N–H and O–H groups in total. The highest BCUT2D eigenvalue weighted by atomic mass is 32.1. The molecule has 2 aliphatic rings. The highest BCUT2D eigenvalue weighted by molar-refractivity contribution is 7.80. The SMILES string of the molecule is Cc1cc(C2=CC(=S)CCC2NC2CCCC2)cn(C)c1=O. The number of aryl methyl sites for hydroxylation is 2. The maximum absolute atomic E-state index is 11.9. The Labute approximate surface area is 137 Å². The van der Waals surface area contributed by atoms with Crippen LogP contribution in [0.3, 0.4) is 0 Å². The summed E-state index contributed by atoms with van der Waals surface area (Å²) < 4.78 is 1.68. The predicted molar refractivity (Wildman–Crippen MR) is 95.4 cm³/mol. The first-order valence-electron chi connectivity index (χ1n) is 8.22. The molecule has 0 saturated heterocycles. The van der Waals surface area contributed by atoms with Crippen LogP contribution in [0.2, 0.25) is 0 Å². The van der Waals surface area contributed by atoms with Crippen molar-refractivity contribution in [2.45, 2.75) is 57.5 Å². The standard InChI is InChI=1S/C18H24N2OS/c1-12-9-13(11-20(2)18(12)21)16-10-15(22)7-8-17(16)19-14-5-3-4-6-14/h9-11,14,17,19H,3-8H2,1-2H3. The van der Waals surface area contributed by atoms with Gasteiger partial charge in [0.05, 0.1) is 0 Å². The Morgan fingerprint density at radius 2 is 2.00 bits per heavy atom. The van der Waals surface area contributed by atoms with Gasteiger partial charge >= 0.3 is 0 Å². The summed E-state index contributed by atoms with van der Waals surface area (Å²) in [6.07, 6.45) is 11.3. The van der Waals surface area contributed by atoms with E-state index >= 15 is 0 Å². The second kappa shape index (κ2) is 6.47. The lowest BCUT2D eigenvalue weighted by Crippen LogP contribution is -2.39. The van der Waals surface area contributed by atoms with E-state index in [9.17, 15) is 4.79 Å². The van der Waals surface area contributed by atoms with E-state index in [1.54, 1.807) is 4.57 Å². The molecule has 3 rings (SSSR count). The molecular formula is C18H24N2OS. The zero-order valence-corrected chi connectivity index (χ0v) is 14.2. The molecule has 1 aromatic heterocycles. The Bertz CT molecular complexity index is 642. The lowest BCUT2D eigenvalue weighted by atomic mass is 9.88. The van der Waals surface area contributed by atoms with Crippen LogP contribution in [-0.2, 0) is 7.05 Å². The van der Waals surface area contributed by atoms with Crippen LogP contribution in [0.1, 0.15) is 49.7 Å². The van der Waals surface area contributed by atoms with Crippen LogP contribution in [0.25, 0.3) is 5.57 Å². The largest absolute Gasteiger partial charge is 0.318 e. The van der Waals surface area contributed by atoms with Gasteiger partial charge in [-0.2, -0.15) is 0 Å². The number of hydrogen-bond donors (Lipinski definition) is 1. The van der Waals surface area contributed by atoms with E-state index in [4.69, 9.17) is 12.2 Å². The minimum atomic E-state index is 0.0723. The van der Waals surface area contributed by atoms with E-state index in [1.807, 2.05) is 26.2 Å². The van der Waals surface area contributed by atoms with E-state index < -0.39 is 0 Å². The first-order valence-corrected chi connectivity index (χ1v) is 8.63. The van der Waals surface area contributed by atoms with E-state index in [1.165, 1.54) is 31.3 Å². The molecule has 2 aliphatic carbocycles. The van der Waals surface area contributed by atoms with Crippen LogP contribution in [0, 0.1) is 6.92 Å². The number of allylic oxidation sites excluding steroid dienone is 1. The Kier molecular flexibility index (Phi) is 4.59. The van der Waals surface area contributed by atoms with Gasteiger partial charge in [0.15, 0.2) is 0 Å². The molecule has 0 spiro atoms. The fourth-order valence-electron chi connectivity index (χ4n) is 3.66. The molecule has 0 amide bonds. The third-order valence-electron chi connectivity index (χ3n) is 4.86. The summed E-state index contributed by atoms with van der Waals surface area (Å²) in [6, 6.07) is 2.99. The third-order valence-corrected chi connectivity index (χ3v) is 5.18. The molecule has 118 valence electrons. The van der Waals surface area contributed by atoms with Gasteiger partial charge in [0.2, 0.25) is 0 Å². The smallest absolute Gasteiger partial charge is 0.253 e. The number of hydrogen-bond acceptors (Lipinski definition) is 3. The summed E-state index contributed by atoms with van der Waals surface area (Å²) in [5.74, 6) is 0. The van der Waals surface area contributed by atoms with Gasteiger partial charge in [-0.25, -0.2) is 0 Å². The van der Waals surface area contributed by atoms with Crippen molar-refractivity contribution < 1.29 is 0 Å². The van der Waals surface area contributed by atoms with Crippen molar-refractivity contribution in [3.8, 4) is 0 Å². The van der Waals surface area contributed by atoms with E-state index in [0.717, 1.165) is 28.8 Å². The van der Waals surface area contributed by atoms with Crippen LogP contribution in [-0.4, -0.2) is 21.5 Å². The van der Waals surface area contributed by atoms with E-state index in [-0.39, 0.29) is 5.56 Å². The minimum absolute atomic E-state index is 0.0723. The highest BCUT2D eigenvalue weighted by Gasteiger charge is 2.25. The van der Waals surface area contributed by atoms with Crippen molar-refractivity contribution in [1.29, 1.82) is 0 Å². The number of pyridine rings is 1. The normalized spacial score (nSPS) is 22.9. The second-order valence-corrected chi connectivity index (χ2v) is 7.16. The number of thiocarbonyl (C=S) groups is 1. The monoisotopic (exact) mass is 316 g/mol. The van der Waals surface area contributed by atoms with E-state index in [0.29, 0.717) is 12.1 Å². The van der Waals surface area contributed by atoms with Crippen molar-refractivity contribution in [2.24, 2.45) is 7.05 Å². The lowest BCUT2D eigenvalue weighted by Gasteiger charge is -2.29. The quantitative estimate of drug-likeness (QED) is 0.870. The van der Waals surface area contributed by atoms with Gasteiger partial charge in [-0.3, -0.25) is 4.79 Å². The zero-order chi connectivity index (χ0) is 15.7. The third kappa shape index (κ3) is 3.23. The van der Waals surface area contributed by atoms with Crippen molar-refractivity contribution in [1.82, 2.24) is 9.88 Å². The molecular weight excluding hydrogens is 292 g/mol. The lowest BCUT2D eigenvalue weighted by molar-refractivity contribution is 0.468. The molecule has 1 aromatic rings. The maximum Gasteiger partial charge on any atom is 0.253 e. The molecule has 0 aliphatic heterocycles. The average molecular weight is 316 g/mol. The molecule has 3 nitrogen and oxygen atoms in total. The second-order valence-electron chi connectivity index (χ2n) is 6.63. The van der Waals surface area contributed by atoms with Crippen molar-refractivity contribution in [3.63, 3.8) is 0 Å². The first kappa shape index (κ1) is 15.6. The molecule has 1 atom stereocenters. The fraction of sp³-hybridized carbons (Fsp3) is 0.556. The topological polar surface area (TPSA) is 34.0 Å². The minimum Gasteiger partial charge on any atom is -0.318 e. The molecule has 1 unspecified atom stereocenters. The number of aromatic nitrogens is 1. The number of nitrogens with zero attached hydrogens (tertiary/aromatic N) is 1. The summed E-state index contributed by atoms with van der Waals surface area (Å²) in [4.78, 5) is 12.9. The summed E-state index contributed by atoms with van der Waals surface area (Å²) in [5.41, 5.74) is 3.24. The first-order chi connectivity index (χ1) is 10.5. The van der Waals surface area contributed by atoms with Crippen LogP contribution in [0.5, 0.6) is 0 Å². The number of rotatable bonds is 3. The number of nitrogens with one attached hydrogen (secondary N) is 1. The Morgan fingerprint density at radius 3 is 2.68 bits per heavy atom. The van der Waals surface area contributed by atoms with Gasteiger partial charge in [0, 0.05) is 35.8 Å². The molecule has 0 bridgehead atoms. The van der Waals surface area contributed by atoms with Gasteiger partial charge < -0.3 is 9.88 Å². The van der Waals surface area contributed by atoms with Crippen LogP contribution in [0.15, 0.2) is 23.1 Å². The van der Waals surface area contributed by atoms with Crippen LogP contribution < -0.4 is 10.9 Å². The Hall–Kier alpha value is -1.26. The van der Waals surface area contributed by atoms with E-state index in [2.05, 4.69) is 11.4 Å². The summed E-state index contributed by atoms with van der Waals surface area (Å²) in [5, 5.41) is 3.83. The van der Waals surface area contributed by atoms with Crippen LogP contribution in [0.4, 0.5) is 0 Å². The van der Waals surface area contributed by atoms with Crippen molar-refractivity contribution >= 4 is 22.7 Å². The molecule has 1 heterocycles. The summed E-state index contributed by atoms with van der Waals surface area (Å²) >= 11 is 5.44.